The Labute approximate surface area is 143 Å². The molecule has 0 aliphatic carbocycles. The van der Waals surface area contributed by atoms with Crippen LogP contribution < -0.4 is 15.4 Å². The quantitative estimate of drug-likeness (QED) is 0.315. The van der Waals surface area contributed by atoms with Crippen molar-refractivity contribution in [1.82, 2.24) is 10.6 Å². The van der Waals surface area contributed by atoms with Gasteiger partial charge in [-0.2, -0.15) is 0 Å². The van der Waals surface area contributed by atoms with Crippen molar-refractivity contribution in [2.75, 3.05) is 26.7 Å². The number of ether oxygens (including phenoxy) is 1. The molecule has 0 bridgehead atoms. The SMILES string of the molecule is CN=C(NCCOc1cccc(F)c1)NCCC(C)C.I. The van der Waals surface area contributed by atoms with Gasteiger partial charge < -0.3 is 15.4 Å². The number of halogens is 2. The molecule has 1 aromatic carbocycles. The van der Waals surface area contributed by atoms with Gasteiger partial charge in [0, 0.05) is 19.7 Å². The highest BCUT2D eigenvalue weighted by molar-refractivity contribution is 14.0. The first-order chi connectivity index (χ1) is 9.61. The molecule has 0 spiro atoms. The van der Waals surface area contributed by atoms with Gasteiger partial charge >= 0.3 is 0 Å². The summed E-state index contributed by atoms with van der Waals surface area (Å²) in [7, 11) is 1.73. The molecule has 0 fully saturated rings. The van der Waals surface area contributed by atoms with Crippen LogP contribution in [0.25, 0.3) is 0 Å². The Kier molecular flexibility index (Phi) is 11.0. The molecule has 6 heteroatoms. The molecule has 4 nitrogen and oxygen atoms in total. The van der Waals surface area contributed by atoms with E-state index in [1.807, 2.05) is 0 Å². The molecule has 120 valence electrons. The molecule has 0 atom stereocenters. The van der Waals surface area contributed by atoms with Gasteiger partial charge in [-0.05, 0) is 24.5 Å². The van der Waals surface area contributed by atoms with Gasteiger partial charge in [0.2, 0.25) is 0 Å². The van der Waals surface area contributed by atoms with E-state index < -0.39 is 0 Å². The topological polar surface area (TPSA) is 45.7 Å². The first-order valence-corrected chi connectivity index (χ1v) is 6.94. The first kappa shape index (κ1) is 19.9. The lowest BCUT2D eigenvalue weighted by atomic mass is 10.1. The van der Waals surface area contributed by atoms with Crippen LogP contribution in [0.2, 0.25) is 0 Å². The van der Waals surface area contributed by atoms with Gasteiger partial charge in [-0.15, -0.1) is 24.0 Å². The zero-order valence-electron chi connectivity index (χ0n) is 12.9. The van der Waals surface area contributed by atoms with E-state index in [4.69, 9.17) is 4.74 Å². The molecule has 0 heterocycles. The number of nitrogens with one attached hydrogen (secondary N) is 2. The lowest BCUT2D eigenvalue weighted by Gasteiger charge is -2.13. The third-order valence-electron chi connectivity index (χ3n) is 2.70. The molecule has 0 aliphatic heterocycles. The molecule has 0 amide bonds. The maximum atomic E-state index is 12.9. The number of hydrogen-bond donors (Lipinski definition) is 2. The number of guanidine groups is 1. The van der Waals surface area contributed by atoms with Crippen LogP contribution in [0.5, 0.6) is 5.75 Å². The number of hydrogen-bond acceptors (Lipinski definition) is 2. The molecule has 0 unspecified atom stereocenters. The van der Waals surface area contributed by atoms with E-state index in [-0.39, 0.29) is 29.8 Å². The highest BCUT2D eigenvalue weighted by atomic mass is 127. The summed E-state index contributed by atoms with van der Waals surface area (Å²) in [4.78, 5) is 4.12. The number of nitrogens with zero attached hydrogens (tertiary/aromatic N) is 1. The normalized spacial score (nSPS) is 11.0. The van der Waals surface area contributed by atoms with Gasteiger partial charge in [0.25, 0.3) is 0 Å². The Bertz CT molecular complexity index is 427. The monoisotopic (exact) mass is 409 g/mol. The second kappa shape index (κ2) is 11.6. The molecular formula is C15H25FIN3O. The van der Waals surface area contributed by atoms with Gasteiger partial charge in [0.1, 0.15) is 18.2 Å². The Morgan fingerprint density at radius 1 is 1.29 bits per heavy atom. The van der Waals surface area contributed by atoms with Crippen molar-refractivity contribution in [2.45, 2.75) is 20.3 Å². The van der Waals surface area contributed by atoms with Gasteiger partial charge in [-0.1, -0.05) is 19.9 Å². The third kappa shape index (κ3) is 9.49. The molecule has 1 aromatic rings. The maximum absolute atomic E-state index is 12.9. The van der Waals surface area contributed by atoms with E-state index in [0.717, 1.165) is 18.9 Å². The van der Waals surface area contributed by atoms with Crippen LogP contribution >= 0.6 is 24.0 Å². The van der Waals surface area contributed by atoms with Gasteiger partial charge in [-0.25, -0.2) is 4.39 Å². The van der Waals surface area contributed by atoms with Crippen LogP contribution in [0.15, 0.2) is 29.3 Å². The Morgan fingerprint density at radius 3 is 2.62 bits per heavy atom. The zero-order valence-corrected chi connectivity index (χ0v) is 15.2. The second-order valence-electron chi connectivity index (χ2n) is 4.91. The number of rotatable bonds is 7. The lowest BCUT2D eigenvalue weighted by Crippen LogP contribution is -2.39. The lowest BCUT2D eigenvalue weighted by molar-refractivity contribution is 0.320. The molecule has 1 rings (SSSR count). The molecule has 0 saturated carbocycles. The number of benzene rings is 1. The van der Waals surface area contributed by atoms with Crippen molar-refractivity contribution >= 4 is 29.9 Å². The molecule has 0 radical (unpaired) electrons. The Hall–Kier alpha value is -1.05. The van der Waals surface area contributed by atoms with E-state index in [1.54, 1.807) is 19.2 Å². The van der Waals surface area contributed by atoms with Crippen molar-refractivity contribution in [1.29, 1.82) is 0 Å². The standard InChI is InChI=1S/C15H24FN3O.HI/c1-12(2)7-8-18-15(17-3)19-9-10-20-14-6-4-5-13(16)11-14;/h4-6,11-12H,7-10H2,1-3H3,(H2,17,18,19);1H. The van der Waals surface area contributed by atoms with E-state index in [2.05, 4.69) is 29.5 Å². The average molecular weight is 409 g/mol. The summed E-state index contributed by atoms with van der Waals surface area (Å²) >= 11 is 0. The molecule has 21 heavy (non-hydrogen) atoms. The largest absolute Gasteiger partial charge is 0.492 e. The molecule has 0 aromatic heterocycles. The minimum Gasteiger partial charge on any atom is -0.492 e. The highest BCUT2D eigenvalue weighted by Gasteiger charge is 1.99. The number of aliphatic imine (C=N–C) groups is 1. The molecule has 2 N–H and O–H groups in total. The van der Waals surface area contributed by atoms with Gasteiger partial charge in [0.05, 0.1) is 6.54 Å². The summed E-state index contributed by atoms with van der Waals surface area (Å²) in [6.45, 7) is 6.32. The summed E-state index contributed by atoms with van der Waals surface area (Å²) in [5, 5.41) is 6.38. The van der Waals surface area contributed by atoms with Crippen LogP contribution in [0, 0.1) is 11.7 Å². The Balaban J connectivity index is 0.00000400. The van der Waals surface area contributed by atoms with Crippen molar-refractivity contribution in [2.24, 2.45) is 10.9 Å². The highest BCUT2D eigenvalue weighted by Crippen LogP contribution is 2.11. The van der Waals surface area contributed by atoms with Crippen LogP contribution in [0.3, 0.4) is 0 Å². The minimum absolute atomic E-state index is 0. The zero-order chi connectivity index (χ0) is 14.8. The predicted molar refractivity (Wildman–Crippen MR) is 96.1 cm³/mol. The minimum atomic E-state index is -0.290. The summed E-state index contributed by atoms with van der Waals surface area (Å²) in [6.07, 6.45) is 1.10. The van der Waals surface area contributed by atoms with Crippen LogP contribution in [-0.4, -0.2) is 32.7 Å². The van der Waals surface area contributed by atoms with Crippen LogP contribution in [-0.2, 0) is 0 Å². The van der Waals surface area contributed by atoms with Crippen LogP contribution in [0.1, 0.15) is 20.3 Å². The summed E-state index contributed by atoms with van der Waals surface area (Å²) in [6, 6.07) is 6.13. The van der Waals surface area contributed by atoms with Crippen molar-refractivity contribution in [3.05, 3.63) is 30.1 Å². The van der Waals surface area contributed by atoms with E-state index in [1.165, 1.54) is 12.1 Å². The smallest absolute Gasteiger partial charge is 0.191 e. The fraction of sp³-hybridized carbons (Fsp3) is 0.533. The molecule has 0 saturated heterocycles. The van der Waals surface area contributed by atoms with Gasteiger partial charge in [-0.3, -0.25) is 4.99 Å². The van der Waals surface area contributed by atoms with Crippen LogP contribution in [0.4, 0.5) is 4.39 Å². The van der Waals surface area contributed by atoms with E-state index in [0.29, 0.717) is 24.8 Å². The van der Waals surface area contributed by atoms with E-state index >= 15 is 0 Å². The van der Waals surface area contributed by atoms with Gasteiger partial charge in [0.15, 0.2) is 5.96 Å². The second-order valence-corrected chi connectivity index (χ2v) is 4.91. The molecule has 0 aliphatic rings. The predicted octanol–water partition coefficient (Wildman–Crippen LogP) is 3.03. The average Bonchev–Trinajstić information content (AvgIpc) is 2.41. The van der Waals surface area contributed by atoms with E-state index in [9.17, 15) is 4.39 Å². The third-order valence-corrected chi connectivity index (χ3v) is 2.70. The summed E-state index contributed by atoms with van der Waals surface area (Å²) < 4.78 is 18.4. The Morgan fingerprint density at radius 2 is 2.00 bits per heavy atom. The first-order valence-electron chi connectivity index (χ1n) is 6.94. The maximum Gasteiger partial charge on any atom is 0.191 e. The van der Waals surface area contributed by atoms with Crippen molar-refractivity contribution in [3.8, 4) is 5.75 Å². The molecular weight excluding hydrogens is 384 g/mol. The van der Waals surface area contributed by atoms with Crippen molar-refractivity contribution in [3.63, 3.8) is 0 Å². The van der Waals surface area contributed by atoms with Crippen molar-refractivity contribution < 1.29 is 9.13 Å². The fourth-order valence-electron chi connectivity index (χ4n) is 1.59. The fourth-order valence-corrected chi connectivity index (χ4v) is 1.59. The summed E-state index contributed by atoms with van der Waals surface area (Å²) in [5.74, 6) is 1.67. The summed E-state index contributed by atoms with van der Waals surface area (Å²) in [5.41, 5.74) is 0.